The molecule has 0 unspecified atom stereocenters. The van der Waals surface area contributed by atoms with Gasteiger partial charge in [-0.3, -0.25) is 0 Å². The zero-order valence-corrected chi connectivity index (χ0v) is 11.9. The number of halogens is 2. The molecule has 1 aromatic rings. The van der Waals surface area contributed by atoms with E-state index in [0.29, 0.717) is 0 Å². The van der Waals surface area contributed by atoms with Crippen LogP contribution in [0.15, 0.2) is 15.1 Å². The van der Waals surface area contributed by atoms with Gasteiger partial charge < -0.3 is 4.90 Å². The molecule has 0 bridgehead atoms. The van der Waals surface area contributed by atoms with Gasteiger partial charge in [0.1, 0.15) is 10.4 Å². The maximum Gasteiger partial charge on any atom is 0.132 e. The summed E-state index contributed by atoms with van der Waals surface area (Å²) >= 11 is 6.94. The van der Waals surface area contributed by atoms with Crippen molar-refractivity contribution in [3.8, 4) is 0 Å². The molecule has 0 aliphatic carbocycles. The van der Waals surface area contributed by atoms with Gasteiger partial charge in [0.15, 0.2) is 0 Å². The number of piperidine rings is 1. The van der Waals surface area contributed by atoms with Crippen LogP contribution < -0.4 is 4.90 Å². The predicted molar refractivity (Wildman–Crippen MR) is 70.4 cm³/mol. The molecule has 2 nitrogen and oxygen atoms in total. The summed E-state index contributed by atoms with van der Waals surface area (Å²) in [7, 11) is 0. The van der Waals surface area contributed by atoms with Crippen molar-refractivity contribution in [1.82, 2.24) is 4.98 Å². The van der Waals surface area contributed by atoms with Crippen LogP contribution in [-0.2, 0) is 0 Å². The molecule has 0 N–H and O–H groups in total. The average Bonchev–Trinajstić information content (AvgIpc) is 2.25. The third kappa shape index (κ3) is 2.53. The van der Waals surface area contributed by atoms with Gasteiger partial charge in [0.05, 0.1) is 4.47 Å². The quantitative estimate of drug-likeness (QED) is 0.724. The van der Waals surface area contributed by atoms with E-state index in [2.05, 4.69) is 54.7 Å². The molecule has 1 aromatic heterocycles. The van der Waals surface area contributed by atoms with Gasteiger partial charge in [0, 0.05) is 13.1 Å². The first-order valence-corrected chi connectivity index (χ1v) is 6.84. The summed E-state index contributed by atoms with van der Waals surface area (Å²) in [6.07, 6.45) is 3.93. The van der Waals surface area contributed by atoms with Crippen molar-refractivity contribution in [3.05, 3.63) is 20.7 Å². The summed E-state index contributed by atoms with van der Waals surface area (Å²) in [6, 6.07) is 2.13. The third-order valence-corrected chi connectivity index (χ3v) is 4.49. The van der Waals surface area contributed by atoms with E-state index in [1.54, 1.807) is 0 Å². The standard InChI is InChI=1S/C11H14Br2N2/c1-8-7-9(12)10(13)14-11(8)15-5-3-2-4-6-15/h7H,2-6H2,1H3. The molecular formula is C11H14Br2N2. The number of hydrogen-bond acceptors (Lipinski definition) is 2. The first-order chi connectivity index (χ1) is 7.18. The Hall–Kier alpha value is -0.0900. The Morgan fingerprint density at radius 3 is 2.53 bits per heavy atom. The highest BCUT2D eigenvalue weighted by Crippen LogP contribution is 2.29. The Balaban J connectivity index is 2.30. The van der Waals surface area contributed by atoms with Crippen molar-refractivity contribution in [1.29, 1.82) is 0 Å². The minimum atomic E-state index is 0.897. The van der Waals surface area contributed by atoms with E-state index in [1.165, 1.54) is 24.8 Å². The van der Waals surface area contributed by atoms with Gasteiger partial charge in [-0.25, -0.2) is 4.98 Å². The lowest BCUT2D eigenvalue weighted by molar-refractivity contribution is 0.572. The maximum absolute atomic E-state index is 4.59. The van der Waals surface area contributed by atoms with E-state index in [0.717, 1.165) is 28.0 Å². The van der Waals surface area contributed by atoms with Crippen LogP contribution in [0, 0.1) is 6.92 Å². The molecule has 1 aliphatic heterocycles. The van der Waals surface area contributed by atoms with Crippen molar-refractivity contribution in [3.63, 3.8) is 0 Å². The highest BCUT2D eigenvalue weighted by atomic mass is 79.9. The molecule has 0 spiro atoms. The Kier molecular flexibility index (Phi) is 3.67. The topological polar surface area (TPSA) is 16.1 Å². The van der Waals surface area contributed by atoms with Crippen LogP contribution in [0.4, 0.5) is 5.82 Å². The van der Waals surface area contributed by atoms with Gasteiger partial charge >= 0.3 is 0 Å². The number of aryl methyl sites for hydroxylation is 1. The van der Waals surface area contributed by atoms with Gasteiger partial charge in [0.2, 0.25) is 0 Å². The fourth-order valence-electron chi connectivity index (χ4n) is 1.97. The largest absolute Gasteiger partial charge is 0.356 e. The normalized spacial score (nSPS) is 16.9. The first kappa shape index (κ1) is 11.4. The van der Waals surface area contributed by atoms with E-state index in [4.69, 9.17) is 0 Å². The van der Waals surface area contributed by atoms with Crippen molar-refractivity contribution in [2.75, 3.05) is 18.0 Å². The number of rotatable bonds is 1. The highest BCUT2D eigenvalue weighted by molar-refractivity contribution is 9.13. The lowest BCUT2D eigenvalue weighted by Crippen LogP contribution is -2.30. The van der Waals surface area contributed by atoms with Crippen LogP contribution >= 0.6 is 31.9 Å². The molecule has 1 saturated heterocycles. The first-order valence-electron chi connectivity index (χ1n) is 5.26. The molecule has 1 aliphatic rings. The van der Waals surface area contributed by atoms with Crippen molar-refractivity contribution >= 4 is 37.7 Å². The number of nitrogens with zero attached hydrogens (tertiary/aromatic N) is 2. The van der Waals surface area contributed by atoms with Crippen molar-refractivity contribution in [2.45, 2.75) is 26.2 Å². The van der Waals surface area contributed by atoms with Crippen molar-refractivity contribution in [2.24, 2.45) is 0 Å². The number of anilines is 1. The molecule has 0 atom stereocenters. The van der Waals surface area contributed by atoms with Crippen molar-refractivity contribution < 1.29 is 0 Å². The zero-order valence-electron chi connectivity index (χ0n) is 8.76. The minimum Gasteiger partial charge on any atom is -0.356 e. The maximum atomic E-state index is 4.59. The summed E-state index contributed by atoms with van der Waals surface area (Å²) in [4.78, 5) is 6.98. The van der Waals surface area contributed by atoms with E-state index in [1.807, 2.05) is 0 Å². The van der Waals surface area contributed by atoms with Gasteiger partial charge in [-0.1, -0.05) is 0 Å². The second kappa shape index (κ2) is 4.83. The van der Waals surface area contributed by atoms with Gasteiger partial charge in [-0.2, -0.15) is 0 Å². The fourth-order valence-corrected chi connectivity index (χ4v) is 2.69. The number of pyridine rings is 1. The third-order valence-electron chi connectivity index (χ3n) is 2.75. The number of aromatic nitrogens is 1. The summed E-state index contributed by atoms with van der Waals surface area (Å²) in [5.41, 5.74) is 1.24. The summed E-state index contributed by atoms with van der Waals surface area (Å²) in [5.74, 6) is 1.13. The lowest BCUT2D eigenvalue weighted by Gasteiger charge is -2.29. The molecule has 2 rings (SSSR count). The molecule has 0 amide bonds. The van der Waals surface area contributed by atoms with Crippen LogP contribution in [0.2, 0.25) is 0 Å². The summed E-state index contributed by atoms with van der Waals surface area (Å²) in [6.45, 7) is 4.40. The molecule has 0 saturated carbocycles. The monoisotopic (exact) mass is 332 g/mol. The predicted octanol–water partition coefficient (Wildman–Crippen LogP) is 3.91. The SMILES string of the molecule is Cc1cc(Br)c(Br)nc1N1CCCCC1. The summed E-state index contributed by atoms with van der Waals surface area (Å²) < 4.78 is 1.93. The van der Waals surface area contributed by atoms with E-state index < -0.39 is 0 Å². The smallest absolute Gasteiger partial charge is 0.132 e. The van der Waals surface area contributed by atoms with Gasteiger partial charge in [-0.05, 0) is 69.7 Å². The zero-order chi connectivity index (χ0) is 10.8. The van der Waals surface area contributed by atoms with Crippen LogP contribution in [-0.4, -0.2) is 18.1 Å². The minimum absolute atomic E-state index is 0.897. The molecule has 15 heavy (non-hydrogen) atoms. The highest BCUT2D eigenvalue weighted by Gasteiger charge is 2.15. The number of hydrogen-bond donors (Lipinski definition) is 0. The van der Waals surface area contributed by atoms with Crippen LogP contribution in [0.25, 0.3) is 0 Å². The second-order valence-electron chi connectivity index (χ2n) is 3.95. The van der Waals surface area contributed by atoms with Gasteiger partial charge in [-0.15, -0.1) is 0 Å². The van der Waals surface area contributed by atoms with E-state index in [-0.39, 0.29) is 0 Å². The Morgan fingerprint density at radius 1 is 1.20 bits per heavy atom. The molecule has 82 valence electrons. The second-order valence-corrected chi connectivity index (χ2v) is 5.55. The van der Waals surface area contributed by atoms with Crippen LogP contribution in [0.1, 0.15) is 24.8 Å². The summed E-state index contributed by atoms with van der Waals surface area (Å²) in [5, 5.41) is 0. The Morgan fingerprint density at radius 2 is 1.87 bits per heavy atom. The molecule has 0 radical (unpaired) electrons. The van der Waals surface area contributed by atoms with Crippen LogP contribution in [0.3, 0.4) is 0 Å². The fraction of sp³-hybridized carbons (Fsp3) is 0.545. The van der Waals surface area contributed by atoms with E-state index in [9.17, 15) is 0 Å². The van der Waals surface area contributed by atoms with E-state index >= 15 is 0 Å². The average molecular weight is 334 g/mol. The molecule has 0 aromatic carbocycles. The van der Waals surface area contributed by atoms with Gasteiger partial charge in [0.25, 0.3) is 0 Å². The Labute approximate surface area is 107 Å². The Bertz CT molecular complexity index is 360. The molecule has 2 heterocycles. The lowest BCUT2D eigenvalue weighted by atomic mass is 10.1. The molecule has 1 fully saturated rings. The molecular weight excluding hydrogens is 320 g/mol. The molecule has 4 heteroatoms. The van der Waals surface area contributed by atoms with Crippen LogP contribution in [0.5, 0.6) is 0 Å².